The van der Waals surface area contributed by atoms with Crippen LogP contribution in [0.15, 0.2) is 5.10 Å². The van der Waals surface area contributed by atoms with E-state index in [1.807, 2.05) is 6.21 Å². The van der Waals surface area contributed by atoms with E-state index in [1.165, 1.54) is 0 Å². The van der Waals surface area contributed by atoms with Gasteiger partial charge in [-0.25, -0.2) is 0 Å². The van der Waals surface area contributed by atoms with E-state index < -0.39 is 0 Å². The van der Waals surface area contributed by atoms with Crippen molar-refractivity contribution >= 4 is 6.21 Å². The number of rotatable bonds is 0. The van der Waals surface area contributed by atoms with Crippen molar-refractivity contribution in [3.05, 3.63) is 0 Å². The predicted molar refractivity (Wildman–Crippen MR) is 57.9 cm³/mol. The van der Waals surface area contributed by atoms with Crippen molar-refractivity contribution in [2.75, 3.05) is 0 Å². The average molecular weight is 182 g/mol. The molecular weight excluding hydrogens is 160 g/mol. The fourth-order valence-corrected chi connectivity index (χ4v) is 1.78. The first-order valence-corrected chi connectivity index (χ1v) is 5.05. The lowest BCUT2D eigenvalue weighted by Gasteiger charge is -2.42. The van der Waals surface area contributed by atoms with E-state index in [0.29, 0.717) is 11.5 Å². The van der Waals surface area contributed by atoms with Crippen LogP contribution in [0.4, 0.5) is 0 Å². The van der Waals surface area contributed by atoms with Crippen molar-refractivity contribution in [3.8, 4) is 0 Å². The second-order valence-electron chi connectivity index (χ2n) is 5.93. The molecular formula is C11H22N2. The Bertz CT molecular complexity index is 205. The van der Waals surface area contributed by atoms with Crippen LogP contribution in [-0.2, 0) is 0 Å². The summed E-state index contributed by atoms with van der Waals surface area (Å²) in [4.78, 5) is 0. The van der Waals surface area contributed by atoms with Gasteiger partial charge in [-0.15, -0.1) is 0 Å². The molecule has 1 rings (SSSR count). The summed E-state index contributed by atoms with van der Waals surface area (Å²) >= 11 is 0. The van der Waals surface area contributed by atoms with Crippen molar-refractivity contribution in [1.82, 2.24) is 5.01 Å². The maximum atomic E-state index is 4.46. The smallest absolute Gasteiger partial charge is 0.0575 e. The van der Waals surface area contributed by atoms with Gasteiger partial charge >= 0.3 is 0 Å². The molecule has 1 atom stereocenters. The molecule has 76 valence electrons. The Morgan fingerprint density at radius 3 is 2.00 bits per heavy atom. The van der Waals surface area contributed by atoms with Gasteiger partial charge in [0, 0.05) is 18.2 Å². The highest BCUT2D eigenvalue weighted by Gasteiger charge is 2.37. The summed E-state index contributed by atoms with van der Waals surface area (Å²) in [5.41, 5.74) is 0.453. The molecule has 0 aromatic heterocycles. The van der Waals surface area contributed by atoms with Gasteiger partial charge in [0.25, 0.3) is 0 Å². The molecule has 0 spiro atoms. The minimum Gasteiger partial charge on any atom is -0.288 e. The zero-order valence-electron chi connectivity index (χ0n) is 9.76. The Kier molecular flexibility index (Phi) is 2.44. The Labute approximate surface area is 82.0 Å². The van der Waals surface area contributed by atoms with Crippen molar-refractivity contribution in [1.29, 1.82) is 0 Å². The molecule has 2 nitrogen and oxygen atoms in total. The Balaban J connectivity index is 2.81. The van der Waals surface area contributed by atoms with Gasteiger partial charge < -0.3 is 0 Å². The van der Waals surface area contributed by atoms with Gasteiger partial charge in [0.05, 0.1) is 6.04 Å². The van der Waals surface area contributed by atoms with Gasteiger partial charge in [0.1, 0.15) is 0 Å². The van der Waals surface area contributed by atoms with Gasteiger partial charge in [0.2, 0.25) is 0 Å². The molecule has 0 fully saturated rings. The monoisotopic (exact) mass is 182 g/mol. The summed E-state index contributed by atoms with van der Waals surface area (Å²) < 4.78 is 0. The zero-order valence-corrected chi connectivity index (χ0v) is 9.76. The molecule has 0 aromatic carbocycles. The van der Waals surface area contributed by atoms with Gasteiger partial charge in [-0.2, -0.15) is 5.10 Å². The summed E-state index contributed by atoms with van der Waals surface area (Å²) in [5, 5.41) is 6.71. The quantitative estimate of drug-likeness (QED) is 0.562. The summed E-state index contributed by atoms with van der Waals surface area (Å²) in [6, 6.07) is 0.549. The molecule has 0 saturated carbocycles. The minimum absolute atomic E-state index is 0.144. The molecule has 0 bridgehead atoms. The molecule has 0 aliphatic carbocycles. The molecule has 0 aromatic rings. The van der Waals surface area contributed by atoms with Crippen LogP contribution in [0, 0.1) is 5.41 Å². The van der Waals surface area contributed by atoms with E-state index in [1.54, 1.807) is 0 Å². The molecule has 1 unspecified atom stereocenters. The van der Waals surface area contributed by atoms with Crippen LogP contribution in [0.1, 0.15) is 48.0 Å². The fraction of sp³-hybridized carbons (Fsp3) is 0.909. The first kappa shape index (κ1) is 10.6. The minimum atomic E-state index is 0.144. The first-order chi connectivity index (χ1) is 5.73. The summed E-state index contributed by atoms with van der Waals surface area (Å²) in [7, 11) is 0. The maximum absolute atomic E-state index is 4.46. The van der Waals surface area contributed by atoms with Crippen LogP contribution in [0.2, 0.25) is 0 Å². The SMILES string of the molecule is CC(C)(C)C1CC=NN1C(C)(C)C. The van der Waals surface area contributed by atoms with Crippen LogP contribution in [-0.4, -0.2) is 22.8 Å². The lowest BCUT2D eigenvalue weighted by Crippen LogP contribution is -2.47. The van der Waals surface area contributed by atoms with Crippen LogP contribution in [0.25, 0.3) is 0 Å². The molecule has 0 saturated heterocycles. The highest BCUT2D eigenvalue weighted by Crippen LogP contribution is 2.34. The summed E-state index contributed by atoms with van der Waals surface area (Å²) in [6.45, 7) is 13.5. The number of hydrogen-bond donors (Lipinski definition) is 0. The third-order valence-electron chi connectivity index (χ3n) is 2.52. The van der Waals surface area contributed by atoms with E-state index in [0.717, 1.165) is 6.42 Å². The zero-order chi connectivity index (χ0) is 10.3. The topological polar surface area (TPSA) is 15.6 Å². The van der Waals surface area contributed by atoms with E-state index in [2.05, 4.69) is 51.7 Å². The lowest BCUT2D eigenvalue weighted by molar-refractivity contribution is 0.0426. The molecule has 2 heteroatoms. The maximum Gasteiger partial charge on any atom is 0.0575 e. The fourth-order valence-electron chi connectivity index (χ4n) is 1.78. The second-order valence-corrected chi connectivity index (χ2v) is 5.93. The summed E-state index contributed by atoms with van der Waals surface area (Å²) in [5.74, 6) is 0. The van der Waals surface area contributed by atoms with E-state index in [4.69, 9.17) is 0 Å². The van der Waals surface area contributed by atoms with E-state index in [9.17, 15) is 0 Å². The standard InChI is InChI=1S/C11H22N2/c1-10(2,3)9-7-8-12-13(9)11(4,5)6/h8-9H,7H2,1-6H3. The van der Waals surface area contributed by atoms with E-state index in [-0.39, 0.29) is 5.54 Å². The van der Waals surface area contributed by atoms with Crippen LogP contribution in [0.3, 0.4) is 0 Å². The Hall–Kier alpha value is -0.530. The second kappa shape index (κ2) is 3.00. The third kappa shape index (κ3) is 2.23. The molecule has 0 radical (unpaired) electrons. The summed E-state index contributed by atoms with van der Waals surface area (Å²) in [6.07, 6.45) is 3.13. The number of hydrogen-bond acceptors (Lipinski definition) is 2. The normalized spacial score (nSPS) is 24.2. The van der Waals surface area contributed by atoms with Crippen molar-refractivity contribution in [3.63, 3.8) is 0 Å². The number of nitrogens with zero attached hydrogens (tertiary/aromatic N) is 2. The van der Waals surface area contributed by atoms with E-state index >= 15 is 0 Å². The molecule has 1 aliphatic heterocycles. The van der Waals surface area contributed by atoms with Crippen molar-refractivity contribution in [2.45, 2.75) is 59.5 Å². The van der Waals surface area contributed by atoms with Crippen molar-refractivity contribution < 1.29 is 0 Å². The van der Waals surface area contributed by atoms with Gasteiger partial charge in [-0.3, -0.25) is 5.01 Å². The largest absolute Gasteiger partial charge is 0.288 e. The highest BCUT2D eigenvalue weighted by atomic mass is 15.5. The van der Waals surface area contributed by atoms with Gasteiger partial charge in [-0.05, 0) is 26.2 Å². The van der Waals surface area contributed by atoms with Crippen LogP contribution in [0.5, 0.6) is 0 Å². The highest BCUT2D eigenvalue weighted by molar-refractivity contribution is 5.60. The molecule has 1 heterocycles. The van der Waals surface area contributed by atoms with Gasteiger partial charge in [-0.1, -0.05) is 20.8 Å². The molecule has 0 N–H and O–H groups in total. The van der Waals surface area contributed by atoms with Crippen LogP contribution < -0.4 is 0 Å². The Morgan fingerprint density at radius 1 is 1.15 bits per heavy atom. The van der Waals surface area contributed by atoms with Gasteiger partial charge in [0.15, 0.2) is 0 Å². The Morgan fingerprint density at radius 2 is 1.69 bits per heavy atom. The average Bonchev–Trinajstić information content (AvgIpc) is 2.27. The van der Waals surface area contributed by atoms with Crippen molar-refractivity contribution in [2.24, 2.45) is 10.5 Å². The predicted octanol–water partition coefficient (Wildman–Crippen LogP) is 2.89. The number of hydrazone groups is 1. The first-order valence-electron chi connectivity index (χ1n) is 5.05. The molecule has 13 heavy (non-hydrogen) atoms. The third-order valence-corrected chi connectivity index (χ3v) is 2.52. The molecule has 1 aliphatic rings. The molecule has 0 amide bonds. The van der Waals surface area contributed by atoms with Crippen LogP contribution >= 0.6 is 0 Å². The lowest BCUT2D eigenvalue weighted by atomic mass is 9.83.